The van der Waals surface area contributed by atoms with Crippen molar-refractivity contribution in [2.24, 2.45) is 5.41 Å². The highest BCUT2D eigenvalue weighted by Crippen LogP contribution is 2.40. The molecule has 38 heavy (non-hydrogen) atoms. The van der Waals surface area contributed by atoms with Gasteiger partial charge in [-0.25, -0.2) is 4.68 Å². The number of hydrogen-bond donors (Lipinski definition) is 3. The van der Waals surface area contributed by atoms with Gasteiger partial charge < -0.3 is 20.4 Å². The van der Waals surface area contributed by atoms with E-state index in [-0.39, 0.29) is 30.9 Å². The monoisotopic (exact) mass is 524 g/mol. The van der Waals surface area contributed by atoms with Gasteiger partial charge in [-0.15, -0.1) is 5.10 Å². The summed E-state index contributed by atoms with van der Waals surface area (Å²) < 4.78 is 1.64. The molecule has 3 heterocycles. The second-order valence-corrected chi connectivity index (χ2v) is 12.3. The van der Waals surface area contributed by atoms with Gasteiger partial charge in [-0.3, -0.25) is 14.5 Å². The third-order valence-corrected chi connectivity index (χ3v) is 7.85. The van der Waals surface area contributed by atoms with Crippen LogP contribution in [0.3, 0.4) is 0 Å². The summed E-state index contributed by atoms with van der Waals surface area (Å²) in [6, 6.07) is 6.70. The standard InChI is InChI=1S/C28H40N6O4/c1-28(2,3)25(34-17-23(30-31-34)20-8-9-20)27(38)33-16-22(36)12-24(33)26(37)29-13-18-4-6-19(7-5-18)14-32-11-10-21(35)15-32/h4-7,17,20-22,24-25,35-36H,8-16H2,1-3H3,(H,29,37)/t21?,22-,24+,25-/m1/s1. The van der Waals surface area contributed by atoms with E-state index in [1.165, 1.54) is 4.90 Å². The summed E-state index contributed by atoms with van der Waals surface area (Å²) in [5.74, 6) is -0.0680. The van der Waals surface area contributed by atoms with Crippen molar-refractivity contribution in [3.63, 3.8) is 0 Å². The average Bonchev–Trinajstić information content (AvgIpc) is 3.24. The predicted molar refractivity (Wildman–Crippen MR) is 141 cm³/mol. The van der Waals surface area contributed by atoms with Crippen molar-refractivity contribution < 1.29 is 19.8 Å². The average molecular weight is 525 g/mol. The molecule has 206 valence electrons. The fraction of sp³-hybridized carbons (Fsp3) is 0.643. The van der Waals surface area contributed by atoms with Gasteiger partial charge in [-0.2, -0.15) is 0 Å². The van der Waals surface area contributed by atoms with Crippen LogP contribution < -0.4 is 5.32 Å². The minimum Gasteiger partial charge on any atom is -0.392 e. The van der Waals surface area contributed by atoms with Crippen molar-refractivity contribution in [1.82, 2.24) is 30.1 Å². The fourth-order valence-electron chi connectivity index (χ4n) is 5.61. The SMILES string of the molecule is CC(C)(C)[C@@H](C(=O)N1C[C@H](O)C[C@H]1C(=O)NCc1ccc(CN2CCC(O)C2)cc1)n1cc(C2CC2)nn1. The first-order valence-corrected chi connectivity index (χ1v) is 13.7. The zero-order chi connectivity index (χ0) is 27.0. The number of benzene rings is 1. The smallest absolute Gasteiger partial charge is 0.248 e. The zero-order valence-electron chi connectivity index (χ0n) is 22.6. The molecule has 10 nitrogen and oxygen atoms in total. The first-order chi connectivity index (χ1) is 18.1. The van der Waals surface area contributed by atoms with Crippen LogP contribution in [-0.4, -0.2) is 84.7 Å². The summed E-state index contributed by atoms with van der Waals surface area (Å²) in [5, 5.41) is 31.7. The van der Waals surface area contributed by atoms with Crippen molar-refractivity contribution in [1.29, 1.82) is 0 Å². The van der Waals surface area contributed by atoms with Crippen molar-refractivity contribution >= 4 is 11.8 Å². The number of aromatic nitrogens is 3. The molecule has 1 aromatic heterocycles. The van der Waals surface area contributed by atoms with Gasteiger partial charge in [-0.05, 0) is 35.8 Å². The van der Waals surface area contributed by atoms with E-state index < -0.39 is 23.6 Å². The lowest BCUT2D eigenvalue weighted by Crippen LogP contribution is -2.50. The van der Waals surface area contributed by atoms with E-state index in [0.29, 0.717) is 19.0 Å². The molecule has 1 aromatic carbocycles. The molecule has 10 heteroatoms. The van der Waals surface area contributed by atoms with Crippen molar-refractivity contribution in [2.75, 3.05) is 19.6 Å². The fourth-order valence-corrected chi connectivity index (χ4v) is 5.61. The minimum atomic E-state index is -0.753. The van der Waals surface area contributed by atoms with Crippen molar-refractivity contribution in [3.8, 4) is 0 Å². The van der Waals surface area contributed by atoms with E-state index in [4.69, 9.17) is 0 Å². The van der Waals surface area contributed by atoms with E-state index in [9.17, 15) is 19.8 Å². The highest BCUT2D eigenvalue weighted by molar-refractivity contribution is 5.90. The van der Waals surface area contributed by atoms with Crippen LogP contribution in [0.5, 0.6) is 0 Å². The number of nitrogens with zero attached hydrogens (tertiary/aromatic N) is 5. The van der Waals surface area contributed by atoms with Gasteiger partial charge in [-0.1, -0.05) is 50.3 Å². The summed E-state index contributed by atoms with van der Waals surface area (Å²) in [4.78, 5) is 30.8. The Morgan fingerprint density at radius 3 is 2.39 bits per heavy atom. The van der Waals surface area contributed by atoms with Gasteiger partial charge in [0.1, 0.15) is 12.1 Å². The summed E-state index contributed by atoms with van der Waals surface area (Å²) in [6.07, 6.45) is 4.09. The predicted octanol–water partition coefficient (Wildman–Crippen LogP) is 1.59. The van der Waals surface area contributed by atoms with Crippen molar-refractivity contribution in [3.05, 3.63) is 47.3 Å². The molecular formula is C28H40N6O4. The Hall–Kier alpha value is -2.82. The first-order valence-electron chi connectivity index (χ1n) is 13.7. The van der Waals surface area contributed by atoms with Gasteiger partial charge in [0, 0.05) is 51.3 Å². The molecule has 0 spiro atoms. The van der Waals surface area contributed by atoms with Gasteiger partial charge in [0.25, 0.3) is 0 Å². The molecule has 3 fully saturated rings. The number of nitrogens with one attached hydrogen (secondary N) is 1. The summed E-state index contributed by atoms with van der Waals surface area (Å²) >= 11 is 0. The van der Waals surface area contributed by atoms with Crippen LogP contribution in [0.4, 0.5) is 0 Å². The minimum absolute atomic E-state index is 0.119. The third-order valence-electron chi connectivity index (χ3n) is 7.85. The first kappa shape index (κ1) is 26.8. The molecule has 1 aliphatic carbocycles. The molecule has 2 aromatic rings. The van der Waals surface area contributed by atoms with E-state index in [1.54, 1.807) is 4.68 Å². The molecule has 2 aliphatic heterocycles. The normalized spacial score (nSPS) is 25.1. The van der Waals surface area contributed by atoms with Crippen LogP contribution in [0.15, 0.2) is 30.5 Å². The van der Waals surface area contributed by atoms with Gasteiger partial charge >= 0.3 is 0 Å². The number of amides is 2. The van der Waals surface area contributed by atoms with Crippen LogP contribution >= 0.6 is 0 Å². The molecule has 1 unspecified atom stereocenters. The van der Waals surface area contributed by atoms with Crippen LogP contribution in [-0.2, 0) is 22.7 Å². The van der Waals surface area contributed by atoms with Crippen LogP contribution in [0.2, 0.25) is 0 Å². The number of β-amino-alcohol motifs (C(OH)–C–C–N with tert-alkyl or cyclic N) is 2. The molecule has 4 atom stereocenters. The summed E-state index contributed by atoms with van der Waals surface area (Å²) in [6.45, 7) is 8.79. The number of rotatable bonds is 8. The highest BCUT2D eigenvalue weighted by atomic mass is 16.3. The van der Waals surface area contributed by atoms with Crippen LogP contribution in [0, 0.1) is 5.41 Å². The zero-order valence-corrected chi connectivity index (χ0v) is 22.6. The number of hydrogen-bond acceptors (Lipinski definition) is 7. The maximum Gasteiger partial charge on any atom is 0.248 e. The lowest BCUT2D eigenvalue weighted by Gasteiger charge is -2.34. The molecular weight excluding hydrogens is 484 g/mol. The number of aliphatic hydroxyl groups is 2. The highest BCUT2D eigenvalue weighted by Gasteiger charge is 2.45. The second-order valence-electron chi connectivity index (χ2n) is 12.3. The number of carbonyl (C=O) groups is 2. The molecule has 5 rings (SSSR count). The van der Waals surface area contributed by atoms with Gasteiger partial charge in [0.05, 0.1) is 17.9 Å². The number of aliphatic hydroxyl groups excluding tert-OH is 2. The Morgan fingerprint density at radius 2 is 1.76 bits per heavy atom. The Balaban J connectivity index is 1.22. The maximum atomic E-state index is 13.8. The summed E-state index contributed by atoms with van der Waals surface area (Å²) in [7, 11) is 0. The van der Waals surface area contributed by atoms with Crippen LogP contribution in [0.1, 0.15) is 75.2 Å². The van der Waals surface area contributed by atoms with E-state index >= 15 is 0 Å². The molecule has 1 saturated carbocycles. The largest absolute Gasteiger partial charge is 0.392 e. The molecule has 0 radical (unpaired) electrons. The second kappa shape index (κ2) is 10.7. The van der Waals surface area contributed by atoms with E-state index in [1.807, 2.05) is 51.2 Å². The lowest BCUT2D eigenvalue weighted by molar-refractivity contribution is -0.144. The molecule has 2 saturated heterocycles. The Bertz CT molecular complexity index is 1140. The van der Waals surface area contributed by atoms with Crippen molar-refractivity contribution in [2.45, 2.75) is 89.8 Å². The summed E-state index contributed by atoms with van der Waals surface area (Å²) in [5.41, 5.74) is 2.57. The van der Waals surface area contributed by atoms with E-state index in [2.05, 4.69) is 20.5 Å². The topological polar surface area (TPSA) is 124 Å². The van der Waals surface area contributed by atoms with Gasteiger partial charge in [0.2, 0.25) is 11.8 Å². The quantitative estimate of drug-likeness (QED) is 0.479. The Morgan fingerprint density at radius 1 is 1.05 bits per heavy atom. The maximum absolute atomic E-state index is 13.8. The lowest BCUT2D eigenvalue weighted by atomic mass is 9.85. The number of carbonyl (C=O) groups excluding carboxylic acids is 2. The molecule has 3 N–H and O–H groups in total. The van der Waals surface area contributed by atoms with Crippen LogP contribution in [0.25, 0.3) is 0 Å². The molecule has 3 aliphatic rings. The Kier molecular flexibility index (Phi) is 7.57. The molecule has 2 amide bonds. The van der Waals surface area contributed by atoms with E-state index in [0.717, 1.165) is 49.2 Å². The third kappa shape index (κ3) is 6.08. The number of likely N-dealkylation sites (tertiary alicyclic amines) is 2. The molecule has 0 bridgehead atoms. The Labute approximate surface area is 224 Å². The van der Waals surface area contributed by atoms with Gasteiger partial charge in [0.15, 0.2) is 0 Å².